The Morgan fingerprint density at radius 2 is 1.95 bits per heavy atom. The van der Waals surface area contributed by atoms with Crippen molar-refractivity contribution >= 4 is 6.29 Å². The van der Waals surface area contributed by atoms with Gasteiger partial charge >= 0.3 is 6.18 Å². The highest BCUT2D eigenvalue weighted by Gasteiger charge is 2.34. The first-order valence-electron chi connectivity index (χ1n) is 6.33. The van der Waals surface area contributed by atoms with Gasteiger partial charge in [-0.2, -0.15) is 13.2 Å². The molecule has 1 unspecified atom stereocenters. The van der Waals surface area contributed by atoms with E-state index in [1.165, 1.54) is 6.07 Å². The van der Waals surface area contributed by atoms with Gasteiger partial charge in [-0.1, -0.05) is 0 Å². The third kappa shape index (κ3) is 5.73. The highest BCUT2D eigenvalue weighted by molar-refractivity contribution is 5.75. The highest BCUT2D eigenvalue weighted by atomic mass is 19.4. The van der Waals surface area contributed by atoms with E-state index in [9.17, 15) is 23.1 Å². The molecule has 0 saturated carbocycles. The normalized spacial score (nSPS) is 13.3. The maximum Gasteiger partial charge on any atom is 0.419 e. The molecule has 0 fully saturated rings. The summed E-state index contributed by atoms with van der Waals surface area (Å²) in [6.45, 7) is 3.17. The lowest BCUT2D eigenvalue weighted by Crippen LogP contribution is -2.25. The van der Waals surface area contributed by atoms with Crippen molar-refractivity contribution < 1.29 is 32.5 Å². The number of aliphatic hydroxyl groups excluding tert-OH is 1. The molecule has 0 saturated heterocycles. The zero-order chi connectivity index (χ0) is 16.0. The van der Waals surface area contributed by atoms with Gasteiger partial charge in [0.05, 0.1) is 18.3 Å². The molecule has 0 aliphatic heterocycles. The van der Waals surface area contributed by atoms with E-state index < -0.39 is 23.6 Å². The number of aliphatic hydroxyl groups is 1. The molecule has 4 nitrogen and oxygen atoms in total. The van der Waals surface area contributed by atoms with Crippen molar-refractivity contribution in [1.82, 2.24) is 0 Å². The van der Waals surface area contributed by atoms with Crippen LogP contribution in [0.2, 0.25) is 0 Å². The molecule has 1 atom stereocenters. The number of benzene rings is 1. The van der Waals surface area contributed by atoms with E-state index in [4.69, 9.17) is 9.47 Å². The minimum Gasteiger partial charge on any atom is -0.490 e. The fourth-order valence-corrected chi connectivity index (χ4v) is 1.51. The average molecular weight is 306 g/mol. The third-order valence-corrected chi connectivity index (χ3v) is 2.50. The van der Waals surface area contributed by atoms with Crippen molar-refractivity contribution in [3.05, 3.63) is 29.3 Å². The van der Waals surface area contributed by atoms with Crippen LogP contribution < -0.4 is 4.74 Å². The number of halogens is 3. The van der Waals surface area contributed by atoms with E-state index in [1.807, 2.05) is 0 Å². The van der Waals surface area contributed by atoms with Crippen molar-refractivity contribution in [2.75, 3.05) is 13.2 Å². The Morgan fingerprint density at radius 3 is 2.48 bits per heavy atom. The van der Waals surface area contributed by atoms with Crippen LogP contribution in [0, 0.1) is 0 Å². The summed E-state index contributed by atoms with van der Waals surface area (Å²) >= 11 is 0. The summed E-state index contributed by atoms with van der Waals surface area (Å²) in [6.07, 6.45) is -5.46. The number of carbonyl (C=O) groups is 1. The monoisotopic (exact) mass is 306 g/mol. The van der Waals surface area contributed by atoms with Gasteiger partial charge in [0.2, 0.25) is 0 Å². The molecule has 0 bridgehead atoms. The molecule has 0 heterocycles. The molecule has 0 aliphatic carbocycles. The molecule has 0 amide bonds. The predicted molar refractivity (Wildman–Crippen MR) is 69.4 cm³/mol. The highest BCUT2D eigenvalue weighted by Crippen LogP contribution is 2.36. The molecule has 0 aliphatic rings. The van der Waals surface area contributed by atoms with Crippen LogP contribution in [0.25, 0.3) is 0 Å². The zero-order valence-corrected chi connectivity index (χ0v) is 11.7. The molecule has 0 aromatic heterocycles. The minimum absolute atomic E-state index is 0.0363. The first-order valence-corrected chi connectivity index (χ1v) is 6.33. The van der Waals surface area contributed by atoms with E-state index in [0.29, 0.717) is 12.4 Å². The number of rotatable bonds is 7. The van der Waals surface area contributed by atoms with Crippen molar-refractivity contribution in [1.29, 1.82) is 0 Å². The molecule has 1 aromatic carbocycles. The quantitative estimate of drug-likeness (QED) is 0.787. The Kier molecular flexibility index (Phi) is 6.17. The fourth-order valence-electron chi connectivity index (χ4n) is 1.51. The number of hydrogen-bond acceptors (Lipinski definition) is 4. The number of hydrogen-bond donors (Lipinski definition) is 1. The van der Waals surface area contributed by atoms with E-state index >= 15 is 0 Å². The topological polar surface area (TPSA) is 55.8 Å². The lowest BCUT2D eigenvalue weighted by molar-refractivity contribution is -0.139. The molecular weight excluding hydrogens is 289 g/mol. The summed E-state index contributed by atoms with van der Waals surface area (Å²) < 4.78 is 48.7. The average Bonchev–Trinajstić information content (AvgIpc) is 2.41. The number of ether oxygens (including phenoxy) is 2. The summed E-state index contributed by atoms with van der Waals surface area (Å²) in [5, 5.41) is 9.57. The largest absolute Gasteiger partial charge is 0.490 e. The Hall–Kier alpha value is -1.60. The second kappa shape index (κ2) is 7.42. The van der Waals surface area contributed by atoms with Gasteiger partial charge in [-0.25, -0.2) is 0 Å². The second-order valence-corrected chi connectivity index (χ2v) is 4.72. The van der Waals surface area contributed by atoms with Crippen LogP contribution in [0.15, 0.2) is 18.2 Å². The first-order chi connectivity index (χ1) is 9.74. The molecule has 1 N–H and O–H groups in total. The summed E-state index contributed by atoms with van der Waals surface area (Å²) in [5.41, 5.74) is -1.15. The Labute approximate surface area is 120 Å². The van der Waals surface area contributed by atoms with Crippen LogP contribution in [0.1, 0.15) is 29.8 Å². The molecule has 1 aromatic rings. The molecular formula is C14H17F3O4. The molecule has 118 valence electrons. The van der Waals surface area contributed by atoms with Gasteiger partial charge in [-0.05, 0) is 32.0 Å². The van der Waals surface area contributed by atoms with Crippen LogP contribution in [0.4, 0.5) is 13.2 Å². The summed E-state index contributed by atoms with van der Waals surface area (Å²) in [5.74, 6) is -0.434. The van der Waals surface area contributed by atoms with Gasteiger partial charge in [-0.3, -0.25) is 4.79 Å². The van der Waals surface area contributed by atoms with Crippen molar-refractivity contribution in [3.63, 3.8) is 0 Å². The fraction of sp³-hybridized carbons (Fsp3) is 0.500. The zero-order valence-electron chi connectivity index (χ0n) is 11.7. The van der Waals surface area contributed by atoms with Crippen LogP contribution in [0.5, 0.6) is 5.75 Å². The SMILES string of the molecule is CC(C)OCC(O)COc1ccc(C=O)cc1C(F)(F)F. The number of alkyl halides is 3. The lowest BCUT2D eigenvalue weighted by Gasteiger charge is -2.17. The van der Waals surface area contributed by atoms with Gasteiger partial charge in [-0.15, -0.1) is 0 Å². The first kappa shape index (κ1) is 17.5. The van der Waals surface area contributed by atoms with Gasteiger partial charge in [0.1, 0.15) is 24.7 Å². The van der Waals surface area contributed by atoms with Crippen LogP contribution in [-0.4, -0.2) is 36.8 Å². The summed E-state index contributed by atoms with van der Waals surface area (Å²) in [7, 11) is 0. The van der Waals surface area contributed by atoms with Crippen molar-refractivity contribution in [2.45, 2.75) is 32.2 Å². The van der Waals surface area contributed by atoms with E-state index in [1.54, 1.807) is 13.8 Å². The minimum atomic E-state index is -4.65. The maximum atomic E-state index is 12.9. The smallest absolute Gasteiger partial charge is 0.419 e. The Balaban J connectivity index is 2.76. The van der Waals surface area contributed by atoms with Gasteiger partial charge < -0.3 is 14.6 Å². The van der Waals surface area contributed by atoms with Crippen LogP contribution in [0.3, 0.4) is 0 Å². The second-order valence-electron chi connectivity index (χ2n) is 4.72. The van der Waals surface area contributed by atoms with Crippen LogP contribution >= 0.6 is 0 Å². The Morgan fingerprint density at radius 1 is 1.29 bits per heavy atom. The molecule has 0 spiro atoms. The maximum absolute atomic E-state index is 12.9. The number of carbonyl (C=O) groups excluding carboxylic acids is 1. The summed E-state index contributed by atoms with van der Waals surface area (Å²) in [4.78, 5) is 10.5. The van der Waals surface area contributed by atoms with E-state index in [0.717, 1.165) is 6.07 Å². The lowest BCUT2D eigenvalue weighted by atomic mass is 10.1. The van der Waals surface area contributed by atoms with Gasteiger partial charge in [0.25, 0.3) is 0 Å². The van der Waals surface area contributed by atoms with E-state index in [2.05, 4.69) is 0 Å². The third-order valence-electron chi connectivity index (χ3n) is 2.50. The number of aldehydes is 1. The Bertz CT molecular complexity index is 472. The molecule has 7 heteroatoms. The van der Waals surface area contributed by atoms with Crippen LogP contribution in [-0.2, 0) is 10.9 Å². The summed E-state index contributed by atoms with van der Waals surface area (Å²) in [6, 6.07) is 2.98. The van der Waals surface area contributed by atoms with Gasteiger partial charge in [0, 0.05) is 5.56 Å². The molecule has 0 radical (unpaired) electrons. The molecule has 21 heavy (non-hydrogen) atoms. The predicted octanol–water partition coefficient (Wildman–Crippen LogP) is 2.68. The van der Waals surface area contributed by atoms with E-state index in [-0.39, 0.29) is 24.9 Å². The standard InChI is InChI=1S/C14H17F3O4/c1-9(2)20-7-11(19)8-21-13-4-3-10(6-18)5-12(13)14(15,16)17/h3-6,9,11,19H,7-8H2,1-2H3. The van der Waals surface area contributed by atoms with Crippen molar-refractivity contribution in [2.24, 2.45) is 0 Å². The van der Waals surface area contributed by atoms with Crippen molar-refractivity contribution in [3.8, 4) is 5.75 Å². The molecule has 1 rings (SSSR count). The van der Waals surface area contributed by atoms with Gasteiger partial charge in [0.15, 0.2) is 0 Å².